The maximum absolute atomic E-state index is 12.0. The first kappa shape index (κ1) is 17.1. The zero-order valence-electron chi connectivity index (χ0n) is 12.5. The first-order chi connectivity index (χ1) is 10.7. The molecule has 1 saturated heterocycles. The SMILES string of the molecule is Cn1cc(C(=O)NC2CCN(C(=O)OCC(F)(F)F)CC2)cn1. The van der Waals surface area contributed by atoms with Crippen LogP contribution >= 0.6 is 0 Å². The van der Waals surface area contributed by atoms with E-state index in [2.05, 4.69) is 15.2 Å². The van der Waals surface area contributed by atoms with Crippen molar-refractivity contribution in [2.75, 3.05) is 19.7 Å². The number of nitrogens with one attached hydrogen (secondary N) is 1. The van der Waals surface area contributed by atoms with Gasteiger partial charge >= 0.3 is 12.3 Å². The highest BCUT2D eigenvalue weighted by atomic mass is 19.4. The fourth-order valence-electron chi connectivity index (χ4n) is 2.25. The number of piperidine rings is 1. The number of aromatic nitrogens is 2. The number of hydrogen-bond donors (Lipinski definition) is 1. The minimum atomic E-state index is -4.54. The van der Waals surface area contributed by atoms with E-state index >= 15 is 0 Å². The largest absolute Gasteiger partial charge is 0.440 e. The molecule has 0 spiro atoms. The third-order valence-corrected chi connectivity index (χ3v) is 3.41. The van der Waals surface area contributed by atoms with Gasteiger partial charge in [0.2, 0.25) is 0 Å². The maximum atomic E-state index is 12.0. The Labute approximate surface area is 130 Å². The monoisotopic (exact) mass is 334 g/mol. The Morgan fingerprint density at radius 3 is 2.57 bits per heavy atom. The fraction of sp³-hybridized carbons (Fsp3) is 0.615. The molecule has 2 heterocycles. The van der Waals surface area contributed by atoms with Crippen LogP contribution in [0.4, 0.5) is 18.0 Å². The van der Waals surface area contributed by atoms with Gasteiger partial charge in [0.25, 0.3) is 5.91 Å². The molecule has 1 N–H and O–H groups in total. The molecule has 7 nitrogen and oxygen atoms in total. The Bertz CT molecular complexity index is 565. The minimum Gasteiger partial charge on any atom is -0.440 e. The zero-order chi connectivity index (χ0) is 17.0. The normalized spacial score (nSPS) is 16.3. The van der Waals surface area contributed by atoms with Gasteiger partial charge in [-0.3, -0.25) is 9.48 Å². The van der Waals surface area contributed by atoms with Crippen LogP contribution in [-0.2, 0) is 11.8 Å². The van der Waals surface area contributed by atoms with E-state index in [-0.39, 0.29) is 25.0 Å². The first-order valence-corrected chi connectivity index (χ1v) is 7.02. The van der Waals surface area contributed by atoms with Gasteiger partial charge in [0.15, 0.2) is 6.61 Å². The number of halogens is 3. The summed E-state index contributed by atoms with van der Waals surface area (Å²) in [5.41, 5.74) is 0.430. The van der Waals surface area contributed by atoms with Crippen molar-refractivity contribution in [3.8, 4) is 0 Å². The number of carbonyl (C=O) groups is 2. The van der Waals surface area contributed by atoms with E-state index < -0.39 is 18.9 Å². The lowest BCUT2D eigenvalue weighted by Crippen LogP contribution is -2.47. The molecule has 0 saturated carbocycles. The number of ether oxygens (including phenoxy) is 1. The van der Waals surface area contributed by atoms with E-state index in [1.165, 1.54) is 15.8 Å². The zero-order valence-corrected chi connectivity index (χ0v) is 12.5. The van der Waals surface area contributed by atoms with Gasteiger partial charge in [0.1, 0.15) is 0 Å². The Hall–Kier alpha value is -2.26. The molecule has 0 unspecified atom stereocenters. The summed E-state index contributed by atoms with van der Waals surface area (Å²) in [6.07, 6.45) is -1.59. The Kier molecular flexibility index (Phi) is 5.12. The molecule has 0 bridgehead atoms. The molecule has 0 atom stereocenters. The molecule has 1 aliphatic heterocycles. The third-order valence-electron chi connectivity index (χ3n) is 3.41. The van der Waals surface area contributed by atoms with E-state index in [1.807, 2.05) is 0 Å². The van der Waals surface area contributed by atoms with Crippen molar-refractivity contribution >= 4 is 12.0 Å². The predicted molar refractivity (Wildman–Crippen MR) is 72.7 cm³/mol. The van der Waals surface area contributed by atoms with Crippen LogP contribution in [0.25, 0.3) is 0 Å². The van der Waals surface area contributed by atoms with Crippen LogP contribution in [0.3, 0.4) is 0 Å². The van der Waals surface area contributed by atoms with Gasteiger partial charge in [-0.2, -0.15) is 18.3 Å². The lowest BCUT2D eigenvalue weighted by atomic mass is 10.1. The standard InChI is InChI=1S/C13H17F3N4O3/c1-19-7-9(6-17-19)11(21)18-10-2-4-20(5-3-10)12(22)23-8-13(14,15)16/h6-7,10H,2-5,8H2,1H3,(H,18,21). The van der Waals surface area contributed by atoms with Crippen LogP contribution in [0.15, 0.2) is 12.4 Å². The van der Waals surface area contributed by atoms with Crippen LogP contribution in [-0.4, -0.2) is 58.6 Å². The molecule has 0 aromatic carbocycles. The molecule has 1 fully saturated rings. The summed E-state index contributed by atoms with van der Waals surface area (Å²) in [6, 6.07) is -0.144. The average Bonchev–Trinajstić information content (AvgIpc) is 2.91. The van der Waals surface area contributed by atoms with E-state index in [1.54, 1.807) is 13.2 Å². The molecule has 23 heavy (non-hydrogen) atoms. The molecule has 0 aliphatic carbocycles. The number of alkyl halides is 3. The van der Waals surface area contributed by atoms with Crippen molar-refractivity contribution in [3.63, 3.8) is 0 Å². The summed E-state index contributed by atoms with van der Waals surface area (Å²) in [6.45, 7) is -1.13. The molecule has 1 aromatic heterocycles. The van der Waals surface area contributed by atoms with Gasteiger partial charge in [-0.25, -0.2) is 4.79 Å². The molecule has 2 amide bonds. The summed E-state index contributed by atoms with van der Waals surface area (Å²) in [5.74, 6) is -0.267. The molecule has 1 aromatic rings. The van der Waals surface area contributed by atoms with Crippen molar-refractivity contribution in [2.24, 2.45) is 7.05 Å². The summed E-state index contributed by atoms with van der Waals surface area (Å²) in [4.78, 5) is 24.7. The Balaban J connectivity index is 1.75. The lowest BCUT2D eigenvalue weighted by Gasteiger charge is -2.31. The quantitative estimate of drug-likeness (QED) is 0.904. The van der Waals surface area contributed by atoms with Crippen LogP contribution in [0.2, 0.25) is 0 Å². The molecule has 2 rings (SSSR count). The minimum absolute atomic E-state index is 0.144. The molecular formula is C13H17F3N4O3. The van der Waals surface area contributed by atoms with Gasteiger partial charge in [0, 0.05) is 32.4 Å². The van der Waals surface area contributed by atoms with E-state index in [0.717, 1.165) is 0 Å². The van der Waals surface area contributed by atoms with E-state index in [4.69, 9.17) is 0 Å². The third kappa shape index (κ3) is 5.15. The highest BCUT2D eigenvalue weighted by molar-refractivity contribution is 5.93. The number of hydrogen-bond acceptors (Lipinski definition) is 4. The van der Waals surface area contributed by atoms with Crippen molar-refractivity contribution in [1.29, 1.82) is 0 Å². The Morgan fingerprint density at radius 1 is 1.39 bits per heavy atom. The topological polar surface area (TPSA) is 76.5 Å². The van der Waals surface area contributed by atoms with Crippen molar-refractivity contribution < 1.29 is 27.5 Å². The number of carbonyl (C=O) groups excluding carboxylic acids is 2. The fourth-order valence-corrected chi connectivity index (χ4v) is 2.25. The van der Waals surface area contributed by atoms with Gasteiger partial charge in [-0.1, -0.05) is 0 Å². The number of rotatable bonds is 3. The van der Waals surface area contributed by atoms with Crippen molar-refractivity contribution in [2.45, 2.75) is 25.1 Å². The molecule has 1 aliphatic rings. The van der Waals surface area contributed by atoms with Crippen LogP contribution in [0, 0.1) is 0 Å². The van der Waals surface area contributed by atoms with Crippen molar-refractivity contribution in [1.82, 2.24) is 20.0 Å². The number of likely N-dealkylation sites (tertiary alicyclic amines) is 1. The highest BCUT2D eigenvalue weighted by Gasteiger charge is 2.32. The van der Waals surface area contributed by atoms with Gasteiger partial charge in [0.05, 0.1) is 11.8 Å². The molecule has 10 heteroatoms. The lowest BCUT2D eigenvalue weighted by molar-refractivity contribution is -0.162. The predicted octanol–water partition coefficient (Wildman–Crippen LogP) is 1.31. The molecule has 128 valence electrons. The molecular weight excluding hydrogens is 317 g/mol. The highest BCUT2D eigenvalue weighted by Crippen LogP contribution is 2.17. The maximum Gasteiger partial charge on any atom is 0.422 e. The van der Waals surface area contributed by atoms with Crippen LogP contribution in [0.1, 0.15) is 23.2 Å². The second-order valence-corrected chi connectivity index (χ2v) is 5.31. The summed E-state index contributed by atoms with van der Waals surface area (Å²) in [7, 11) is 1.70. The average molecular weight is 334 g/mol. The second kappa shape index (κ2) is 6.88. The van der Waals surface area contributed by atoms with E-state index in [9.17, 15) is 22.8 Å². The van der Waals surface area contributed by atoms with Crippen LogP contribution in [0.5, 0.6) is 0 Å². The molecule has 0 radical (unpaired) electrons. The second-order valence-electron chi connectivity index (χ2n) is 5.31. The number of amides is 2. The van der Waals surface area contributed by atoms with Gasteiger partial charge in [-0.15, -0.1) is 0 Å². The number of aryl methyl sites for hydroxylation is 1. The van der Waals surface area contributed by atoms with Crippen LogP contribution < -0.4 is 5.32 Å². The first-order valence-electron chi connectivity index (χ1n) is 7.02. The summed E-state index contributed by atoms with van der Waals surface area (Å²) in [5, 5.41) is 6.71. The number of nitrogens with zero attached hydrogens (tertiary/aromatic N) is 3. The smallest absolute Gasteiger partial charge is 0.422 e. The Morgan fingerprint density at radius 2 is 2.04 bits per heavy atom. The van der Waals surface area contributed by atoms with Crippen molar-refractivity contribution in [3.05, 3.63) is 18.0 Å². The van der Waals surface area contributed by atoms with E-state index in [0.29, 0.717) is 18.4 Å². The van der Waals surface area contributed by atoms with Gasteiger partial charge < -0.3 is 15.0 Å². The van der Waals surface area contributed by atoms with Gasteiger partial charge in [-0.05, 0) is 12.8 Å². The summed E-state index contributed by atoms with van der Waals surface area (Å²) >= 11 is 0. The summed E-state index contributed by atoms with van der Waals surface area (Å²) < 4.78 is 41.7.